The Morgan fingerprint density at radius 2 is 1.52 bits per heavy atom. The van der Waals surface area contributed by atoms with Gasteiger partial charge >= 0.3 is 0 Å². The van der Waals surface area contributed by atoms with Gasteiger partial charge in [-0.1, -0.05) is 66.7 Å². The molecule has 0 radical (unpaired) electrons. The Hall–Kier alpha value is -3.17. The molecule has 3 aromatic carbocycles. The number of para-hydroxylation sites is 2. The van der Waals surface area contributed by atoms with Crippen LogP contribution in [0.5, 0.6) is 5.75 Å². The third-order valence-corrected chi connectivity index (χ3v) is 4.53. The van der Waals surface area contributed by atoms with Gasteiger partial charge in [-0.2, -0.15) is 0 Å². The third-order valence-electron chi connectivity index (χ3n) is 4.53. The third kappa shape index (κ3) is 4.15. The van der Waals surface area contributed by atoms with Gasteiger partial charge in [0.2, 0.25) is 0 Å². The summed E-state index contributed by atoms with van der Waals surface area (Å²) >= 11 is 0. The van der Waals surface area contributed by atoms with Crippen molar-refractivity contribution in [2.75, 3.05) is 6.61 Å². The summed E-state index contributed by atoms with van der Waals surface area (Å²) in [5.74, 6) is 0.765. The maximum absolute atomic E-state index is 10.5. The molecule has 0 fully saturated rings. The van der Waals surface area contributed by atoms with E-state index in [0.29, 0.717) is 6.42 Å². The van der Waals surface area contributed by atoms with Crippen molar-refractivity contribution >= 4 is 10.9 Å². The zero-order valence-electron chi connectivity index (χ0n) is 15.0. The summed E-state index contributed by atoms with van der Waals surface area (Å²) in [7, 11) is 0. The van der Waals surface area contributed by atoms with Gasteiger partial charge in [-0.3, -0.25) is 0 Å². The zero-order chi connectivity index (χ0) is 18.5. The number of benzene rings is 3. The number of aliphatic hydroxyl groups excluding tert-OH is 1. The fourth-order valence-electron chi connectivity index (χ4n) is 3.19. The van der Waals surface area contributed by atoms with E-state index in [1.807, 2.05) is 72.8 Å². The van der Waals surface area contributed by atoms with Crippen molar-refractivity contribution in [1.29, 1.82) is 0 Å². The SMILES string of the molecule is OC(COc1ccccc1)Cc1ccccc1-c1ccc2ccccc2n1. The molecule has 0 aliphatic heterocycles. The van der Waals surface area contributed by atoms with Crippen molar-refractivity contribution < 1.29 is 9.84 Å². The average Bonchev–Trinajstić information content (AvgIpc) is 2.73. The largest absolute Gasteiger partial charge is 0.491 e. The molecule has 1 atom stereocenters. The van der Waals surface area contributed by atoms with Gasteiger partial charge in [0.25, 0.3) is 0 Å². The van der Waals surface area contributed by atoms with Crippen LogP contribution in [-0.4, -0.2) is 22.8 Å². The van der Waals surface area contributed by atoms with E-state index in [1.165, 1.54) is 0 Å². The number of hydrogen-bond donors (Lipinski definition) is 1. The van der Waals surface area contributed by atoms with Crippen LogP contribution < -0.4 is 4.74 Å². The summed E-state index contributed by atoms with van der Waals surface area (Å²) in [6, 6.07) is 29.9. The molecular formula is C24H21NO2. The number of rotatable bonds is 6. The highest BCUT2D eigenvalue weighted by molar-refractivity contribution is 5.81. The van der Waals surface area contributed by atoms with Crippen molar-refractivity contribution in [2.45, 2.75) is 12.5 Å². The predicted molar refractivity (Wildman–Crippen MR) is 109 cm³/mol. The molecule has 3 nitrogen and oxygen atoms in total. The smallest absolute Gasteiger partial charge is 0.119 e. The minimum absolute atomic E-state index is 0.253. The van der Waals surface area contributed by atoms with Gasteiger partial charge in [-0.15, -0.1) is 0 Å². The highest BCUT2D eigenvalue weighted by Gasteiger charge is 2.12. The Morgan fingerprint density at radius 1 is 0.778 bits per heavy atom. The van der Waals surface area contributed by atoms with Crippen LogP contribution in [0.25, 0.3) is 22.2 Å². The maximum atomic E-state index is 10.5. The predicted octanol–water partition coefficient (Wildman–Crippen LogP) is 4.88. The van der Waals surface area contributed by atoms with Crippen LogP contribution in [0.3, 0.4) is 0 Å². The fraction of sp³-hybridized carbons (Fsp3) is 0.125. The van der Waals surface area contributed by atoms with Gasteiger partial charge in [0.05, 0.1) is 17.3 Å². The van der Waals surface area contributed by atoms with Crippen LogP contribution >= 0.6 is 0 Å². The molecule has 0 spiro atoms. The van der Waals surface area contributed by atoms with Crippen LogP contribution in [0.1, 0.15) is 5.56 Å². The van der Waals surface area contributed by atoms with Crippen LogP contribution in [0.4, 0.5) is 0 Å². The Bertz CT molecular complexity index is 1030. The molecule has 1 N–H and O–H groups in total. The molecule has 0 saturated heterocycles. The lowest BCUT2D eigenvalue weighted by atomic mass is 9.98. The standard InChI is InChI=1S/C24H21NO2/c26-20(17-27-21-10-2-1-3-11-21)16-19-9-4-6-12-22(19)24-15-14-18-8-5-7-13-23(18)25-24/h1-15,20,26H,16-17H2. The Morgan fingerprint density at radius 3 is 2.41 bits per heavy atom. The quantitative estimate of drug-likeness (QED) is 0.536. The van der Waals surface area contributed by atoms with Gasteiger partial charge in [-0.25, -0.2) is 4.98 Å². The second-order valence-corrected chi connectivity index (χ2v) is 6.53. The van der Waals surface area contributed by atoms with E-state index in [1.54, 1.807) is 0 Å². The Labute approximate surface area is 158 Å². The summed E-state index contributed by atoms with van der Waals surface area (Å²) in [5, 5.41) is 11.6. The van der Waals surface area contributed by atoms with E-state index in [4.69, 9.17) is 9.72 Å². The lowest BCUT2D eigenvalue weighted by molar-refractivity contribution is 0.108. The van der Waals surface area contributed by atoms with Crippen LogP contribution in [-0.2, 0) is 6.42 Å². The van der Waals surface area contributed by atoms with E-state index in [9.17, 15) is 5.11 Å². The molecule has 0 aliphatic carbocycles. The fourth-order valence-corrected chi connectivity index (χ4v) is 3.19. The molecule has 0 saturated carbocycles. The molecule has 4 aromatic rings. The molecule has 0 aliphatic rings. The van der Waals surface area contributed by atoms with Crippen molar-refractivity contribution in [3.63, 3.8) is 0 Å². The number of ether oxygens (including phenoxy) is 1. The molecule has 27 heavy (non-hydrogen) atoms. The van der Waals surface area contributed by atoms with Crippen molar-refractivity contribution in [2.24, 2.45) is 0 Å². The number of fused-ring (bicyclic) bond motifs is 1. The summed E-state index contributed by atoms with van der Waals surface area (Å²) in [5.41, 5.74) is 3.99. The van der Waals surface area contributed by atoms with Gasteiger partial charge in [0.15, 0.2) is 0 Å². The first-order valence-electron chi connectivity index (χ1n) is 9.09. The highest BCUT2D eigenvalue weighted by atomic mass is 16.5. The van der Waals surface area contributed by atoms with Gasteiger partial charge < -0.3 is 9.84 Å². The van der Waals surface area contributed by atoms with Crippen molar-refractivity contribution in [3.8, 4) is 17.0 Å². The molecule has 0 amide bonds. The molecule has 0 bridgehead atoms. The number of aromatic nitrogens is 1. The average molecular weight is 355 g/mol. The second-order valence-electron chi connectivity index (χ2n) is 6.53. The van der Waals surface area contributed by atoms with E-state index in [0.717, 1.165) is 33.5 Å². The topological polar surface area (TPSA) is 42.4 Å². The minimum Gasteiger partial charge on any atom is -0.491 e. The zero-order valence-corrected chi connectivity index (χ0v) is 15.0. The number of aliphatic hydroxyl groups is 1. The molecule has 134 valence electrons. The lowest BCUT2D eigenvalue weighted by Crippen LogP contribution is -2.20. The van der Waals surface area contributed by atoms with Crippen molar-refractivity contribution in [3.05, 3.63) is 96.6 Å². The first-order chi connectivity index (χ1) is 13.3. The Kier molecular flexibility index (Phi) is 5.13. The van der Waals surface area contributed by atoms with Gasteiger partial charge in [0.1, 0.15) is 12.4 Å². The normalized spacial score (nSPS) is 12.0. The molecule has 1 aromatic heterocycles. The van der Waals surface area contributed by atoms with Gasteiger partial charge in [-0.05, 0) is 29.8 Å². The van der Waals surface area contributed by atoms with Crippen LogP contribution in [0.2, 0.25) is 0 Å². The van der Waals surface area contributed by atoms with Crippen LogP contribution in [0, 0.1) is 0 Å². The van der Waals surface area contributed by atoms with E-state index >= 15 is 0 Å². The first-order valence-corrected chi connectivity index (χ1v) is 9.09. The summed E-state index contributed by atoms with van der Waals surface area (Å²) in [6.45, 7) is 0.253. The van der Waals surface area contributed by atoms with E-state index in [-0.39, 0.29) is 6.61 Å². The molecule has 1 heterocycles. The molecule has 1 unspecified atom stereocenters. The maximum Gasteiger partial charge on any atom is 0.119 e. The summed E-state index contributed by atoms with van der Waals surface area (Å²) in [4.78, 5) is 4.79. The lowest BCUT2D eigenvalue weighted by Gasteiger charge is -2.15. The molecule has 3 heteroatoms. The second kappa shape index (κ2) is 8.02. The summed E-state index contributed by atoms with van der Waals surface area (Å²) in [6.07, 6.45) is -0.0795. The number of nitrogens with zero attached hydrogens (tertiary/aromatic N) is 1. The molecule has 4 rings (SSSR count). The highest BCUT2D eigenvalue weighted by Crippen LogP contribution is 2.25. The summed E-state index contributed by atoms with van der Waals surface area (Å²) < 4.78 is 5.68. The van der Waals surface area contributed by atoms with Crippen LogP contribution in [0.15, 0.2) is 91.0 Å². The Balaban J connectivity index is 1.53. The van der Waals surface area contributed by atoms with Crippen molar-refractivity contribution in [1.82, 2.24) is 4.98 Å². The minimum atomic E-state index is -0.591. The number of hydrogen-bond acceptors (Lipinski definition) is 3. The van der Waals surface area contributed by atoms with E-state index in [2.05, 4.69) is 18.2 Å². The molecular weight excluding hydrogens is 334 g/mol. The van der Waals surface area contributed by atoms with Gasteiger partial charge in [0, 0.05) is 17.4 Å². The number of pyridine rings is 1. The first kappa shape index (κ1) is 17.3. The monoisotopic (exact) mass is 355 g/mol. The van der Waals surface area contributed by atoms with E-state index < -0.39 is 6.10 Å².